The Morgan fingerprint density at radius 2 is 2.00 bits per heavy atom. The molecule has 0 radical (unpaired) electrons. The third kappa shape index (κ3) is 4.01. The number of fused-ring (bicyclic) bond motifs is 2. The smallest absolute Gasteiger partial charge is 0.219 e. The molecule has 1 aromatic carbocycles. The van der Waals surface area contributed by atoms with Crippen LogP contribution in [0.15, 0.2) is 42.6 Å². The normalized spacial score (nSPS) is 17.5. The van der Waals surface area contributed by atoms with Crippen molar-refractivity contribution in [2.75, 3.05) is 20.2 Å². The highest BCUT2D eigenvalue weighted by molar-refractivity contribution is 5.93. The topological polar surface area (TPSA) is 108 Å². The predicted octanol–water partition coefficient (Wildman–Crippen LogP) is 4.97. The van der Waals surface area contributed by atoms with Gasteiger partial charge in [0.25, 0.3) is 0 Å². The van der Waals surface area contributed by atoms with Crippen molar-refractivity contribution in [1.82, 2.24) is 25.1 Å². The van der Waals surface area contributed by atoms with E-state index < -0.39 is 0 Å². The lowest BCUT2D eigenvalue weighted by molar-refractivity contribution is -0.129. The Labute approximate surface area is 215 Å². The van der Waals surface area contributed by atoms with Gasteiger partial charge in [0.15, 0.2) is 0 Å². The van der Waals surface area contributed by atoms with Crippen LogP contribution in [0.4, 0.5) is 0 Å². The molecule has 0 saturated carbocycles. The Kier molecular flexibility index (Phi) is 5.84. The lowest BCUT2D eigenvalue weighted by Crippen LogP contribution is -2.36. The van der Waals surface area contributed by atoms with E-state index in [9.17, 15) is 10.1 Å². The largest absolute Gasteiger partial charge is 0.494 e. The molecule has 1 atom stereocenters. The Balaban J connectivity index is 1.35. The number of piperidine rings is 1. The molecule has 4 heterocycles. The van der Waals surface area contributed by atoms with Crippen LogP contribution in [0.25, 0.3) is 33.5 Å². The first kappa shape index (κ1) is 23.2. The van der Waals surface area contributed by atoms with E-state index in [1.165, 1.54) is 5.56 Å². The molecule has 0 bridgehead atoms. The molecule has 1 amide bonds. The molecule has 2 aliphatic rings. The second-order valence-corrected chi connectivity index (χ2v) is 9.85. The molecule has 4 aromatic rings. The monoisotopic (exact) mass is 492 g/mol. The molecular formula is C29H28N6O2. The molecule has 1 aliphatic heterocycles. The van der Waals surface area contributed by atoms with Crippen LogP contribution < -0.4 is 4.74 Å². The molecule has 1 aliphatic carbocycles. The van der Waals surface area contributed by atoms with Gasteiger partial charge in [0.05, 0.1) is 24.6 Å². The van der Waals surface area contributed by atoms with E-state index in [4.69, 9.17) is 14.7 Å². The van der Waals surface area contributed by atoms with Gasteiger partial charge in [0.1, 0.15) is 22.7 Å². The first-order chi connectivity index (χ1) is 18.1. The standard InChI is InChI=1S/C29H28N6O2/c1-17(36)35-12-10-18(11-13-35)24-9-7-20(16-31-24)27-29-25(33-34-27)14-26(37-2)28(32-29)23-5-3-4-21-19(15-30)6-8-22(21)23/h3-5,7,9,14,16,18-19H,6,8,10-13H2,1-2H3,(H,33,34). The summed E-state index contributed by atoms with van der Waals surface area (Å²) in [5.41, 5.74) is 8.26. The minimum atomic E-state index is -0.0755. The molecule has 1 N–H and O–H groups in total. The highest BCUT2D eigenvalue weighted by Crippen LogP contribution is 2.42. The van der Waals surface area contributed by atoms with Crippen molar-refractivity contribution in [3.05, 3.63) is 59.4 Å². The maximum Gasteiger partial charge on any atom is 0.219 e. The zero-order valence-electron chi connectivity index (χ0n) is 21.0. The van der Waals surface area contributed by atoms with Crippen LogP contribution >= 0.6 is 0 Å². The molecule has 37 heavy (non-hydrogen) atoms. The van der Waals surface area contributed by atoms with Crippen molar-refractivity contribution in [1.29, 1.82) is 5.26 Å². The van der Waals surface area contributed by atoms with Crippen LogP contribution in [0.5, 0.6) is 5.75 Å². The predicted molar refractivity (Wildman–Crippen MR) is 140 cm³/mol. The van der Waals surface area contributed by atoms with Crippen molar-refractivity contribution in [2.45, 2.75) is 44.4 Å². The van der Waals surface area contributed by atoms with Gasteiger partial charge in [-0.15, -0.1) is 0 Å². The van der Waals surface area contributed by atoms with E-state index in [2.05, 4.69) is 34.5 Å². The molecule has 1 fully saturated rings. The quantitative estimate of drug-likeness (QED) is 0.431. The van der Waals surface area contributed by atoms with E-state index in [0.29, 0.717) is 11.7 Å². The van der Waals surface area contributed by atoms with Gasteiger partial charge in [-0.25, -0.2) is 4.98 Å². The third-order valence-electron chi connectivity index (χ3n) is 7.82. The average molecular weight is 493 g/mol. The first-order valence-electron chi connectivity index (χ1n) is 12.7. The molecule has 3 aromatic heterocycles. The fourth-order valence-electron chi connectivity index (χ4n) is 5.77. The number of hydrogen-bond donors (Lipinski definition) is 1. The Bertz CT molecular complexity index is 1530. The van der Waals surface area contributed by atoms with Gasteiger partial charge in [0, 0.05) is 55.0 Å². The summed E-state index contributed by atoms with van der Waals surface area (Å²) in [6, 6.07) is 14.6. The minimum absolute atomic E-state index is 0.0755. The van der Waals surface area contributed by atoms with Crippen LogP contribution in [0.1, 0.15) is 54.8 Å². The van der Waals surface area contributed by atoms with Gasteiger partial charge in [-0.2, -0.15) is 10.4 Å². The van der Waals surface area contributed by atoms with Crippen molar-refractivity contribution in [2.24, 2.45) is 0 Å². The van der Waals surface area contributed by atoms with E-state index >= 15 is 0 Å². The average Bonchev–Trinajstić information content (AvgIpc) is 3.56. The van der Waals surface area contributed by atoms with E-state index in [-0.39, 0.29) is 11.8 Å². The second-order valence-electron chi connectivity index (χ2n) is 9.85. The zero-order chi connectivity index (χ0) is 25.5. The number of rotatable bonds is 4. The molecule has 8 nitrogen and oxygen atoms in total. The van der Waals surface area contributed by atoms with Crippen LogP contribution in [0.2, 0.25) is 0 Å². The maximum atomic E-state index is 11.6. The van der Waals surface area contributed by atoms with Crippen molar-refractivity contribution in [3.63, 3.8) is 0 Å². The molecule has 1 unspecified atom stereocenters. The summed E-state index contributed by atoms with van der Waals surface area (Å²) in [6.07, 6.45) is 5.40. The minimum Gasteiger partial charge on any atom is -0.494 e. The molecule has 6 rings (SSSR count). The summed E-state index contributed by atoms with van der Waals surface area (Å²) in [4.78, 5) is 23.4. The zero-order valence-corrected chi connectivity index (χ0v) is 21.0. The SMILES string of the molecule is COc1cc2[nH]nc(-c3ccc(C4CCN(C(C)=O)CC4)nc3)c2nc1-c1cccc2c1CCC2C#N. The van der Waals surface area contributed by atoms with Crippen molar-refractivity contribution < 1.29 is 9.53 Å². The molecule has 1 saturated heterocycles. The number of nitrogens with zero attached hydrogens (tertiary/aromatic N) is 5. The Morgan fingerprint density at radius 3 is 2.70 bits per heavy atom. The molecule has 0 spiro atoms. The number of amides is 1. The number of nitriles is 1. The number of ether oxygens (including phenoxy) is 1. The van der Waals surface area contributed by atoms with E-state index in [1.54, 1.807) is 14.0 Å². The summed E-state index contributed by atoms with van der Waals surface area (Å²) in [5, 5.41) is 17.2. The number of nitrogens with one attached hydrogen (secondary N) is 1. The summed E-state index contributed by atoms with van der Waals surface area (Å²) in [7, 11) is 1.65. The van der Waals surface area contributed by atoms with E-state index in [1.807, 2.05) is 29.3 Å². The first-order valence-corrected chi connectivity index (χ1v) is 12.7. The number of methoxy groups -OCH3 is 1. The summed E-state index contributed by atoms with van der Waals surface area (Å²) < 4.78 is 5.73. The molecular weight excluding hydrogens is 464 g/mol. The number of carbonyl (C=O) groups excluding carboxylic acids is 1. The van der Waals surface area contributed by atoms with Crippen molar-refractivity contribution in [3.8, 4) is 34.3 Å². The lowest BCUT2D eigenvalue weighted by atomic mass is 9.92. The van der Waals surface area contributed by atoms with Gasteiger partial charge >= 0.3 is 0 Å². The lowest BCUT2D eigenvalue weighted by Gasteiger charge is -2.31. The second kappa shape index (κ2) is 9.32. The highest BCUT2D eigenvalue weighted by atomic mass is 16.5. The van der Waals surface area contributed by atoms with Gasteiger partial charge in [-0.3, -0.25) is 14.9 Å². The van der Waals surface area contributed by atoms with Gasteiger partial charge in [0.2, 0.25) is 5.91 Å². The number of aromatic amines is 1. The third-order valence-corrected chi connectivity index (χ3v) is 7.82. The number of carbonyl (C=O) groups is 1. The van der Waals surface area contributed by atoms with Crippen LogP contribution in [-0.2, 0) is 11.2 Å². The fraction of sp³-hybridized carbons (Fsp3) is 0.345. The maximum absolute atomic E-state index is 11.6. The van der Waals surface area contributed by atoms with Crippen LogP contribution in [-0.4, -0.2) is 51.2 Å². The summed E-state index contributed by atoms with van der Waals surface area (Å²) in [5.74, 6) is 1.09. The number of H-pyrrole nitrogens is 1. The van der Waals surface area contributed by atoms with Crippen LogP contribution in [0, 0.1) is 11.3 Å². The number of benzene rings is 1. The van der Waals surface area contributed by atoms with Crippen molar-refractivity contribution >= 4 is 16.9 Å². The summed E-state index contributed by atoms with van der Waals surface area (Å²) >= 11 is 0. The van der Waals surface area contributed by atoms with E-state index in [0.717, 1.165) is 83.6 Å². The van der Waals surface area contributed by atoms with Gasteiger partial charge in [-0.1, -0.05) is 18.2 Å². The van der Waals surface area contributed by atoms with Crippen LogP contribution in [0.3, 0.4) is 0 Å². The fourth-order valence-corrected chi connectivity index (χ4v) is 5.77. The number of hydrogen-bond acceptors (Lipinski definition) is 6. The summed E-state index contributed by atoms with van der Waals surface area (Å²) in [6.45, 7) is 3.19. The number of pyridine rings is 2. The number of aromatic nitrogens is 4. The molecule has 186 valence electrons. The molecule has 8 heteroatoms. The van der Waals surface area contributed by atoms with Gasteiger partial charge < -0.3 is 9.64 Å². The Hall–Kier alpha value is -4.25. The number of likely N-dealkylation sites (tertiary alicyclic amines) is 1. The highest BCUT2D eigenvalue weighted by Gasteiger charge is 2.27. The Morgan fingerprint density at radius 1 is 1.16 bits per heavy atom. The van der Waals surface area contributed by atoms with Gasteiger partial charge in [-0.05, 0) is 48.9 Å².